The predicted octanol–water partition coefficient (Wildman–Crippen LogP) is 23.1. The number of aryl methyl sites for hydroxylation is 4. The molecule has 15 aromatic rings. The van der Waals surface area contributed by atoms with Gasteiger partial charge in [0.15, 0.2) is 0 Å². The molecule has 3 heterocycles. The van der Waals surface area contributed by atoms with Crippen LogP contribution in [0.2, 0.25) is 25.2 Å². The van der Waals surface area contributed by atoms with Crippen molar-refractivity contribution in [3.8, 4) is 0 Å². The molecule has 1 atom stereocenters. The summed E-state index contributed by atoms with van der Waals surface area (Å²) < 4.78 is 19.5. The average molecular weight is 1560 g/mol. The van der Waals surface area contributed by atoms with Crippen molar-refractivity contribution in [1.29, 1.82) is 0 Å². The van der Waals surface area contributed by atoms with Crippen molar-refractivity contribution in [2.45, 2.75) is 136 Å². The van der Waals surface area contributed by atoms with Gasteiger partial charge in [0.1, 0.15) is 0 Å². The third-order valence-electron chi connectivity index (χ3n) is 20.8. The molecule has 0 radical (unpaired) electrons. The van der Waals surface area contributed by atoms with Crippen LogP contribution in [0.15, 0.2) is 188 Å². The number of ether oxygens (including phenoxy) is 2. The van der Waals surface area contributed by atoms with Gasteiger partial charge in [0.25, 0.3) is 0 Å². The van der Waals surface area contributed by atoms with Crippen molar-refractivity contribution in [3.05, 3.63) is 194 Å². The zero-order valence-electron chi connectivity index (χ0n) is 58.6. The van der Waals surface area contributed by atoms with Gasteiger partial charge in [-0.3, -0.25) is 0 Å². The van der Waals surface area contributed by atoms with Gasteiger partial charge in [-0.1, -0.05) is 257 Å². The van der Waals surface area contributed by atoms with Crippen LogP contribution in [0.25, 0.3) is 119 Å². The molecule has 0 amide bonds. The van der Waals surface area contributed by atoms with E-state index in [4.69, 9.17) is 43.5 Å². The Bertz CT molecular complexity index is 5060. The number of halogens is 4. The fourth-order valence-corrected chi connectivity index (χ4v) is 26.8. The standard InChI is InChI=1S/C43H46N2OSi.C41H45NOSi.4ClH.2Zr/c1-43(2,3)46-27-17-7-8-18-28-47(6,41-31-21-11-9-19-29(31)39-37(41)33-23-13-15-25-35(33)44(39)4)42-32-22-12-10-20-30(32)40-38(42)34-24-14-16-26-36(34)45(40)5;1-28-23-24-36-35(27-28)37-38(42(36)5)31-19-11-14-22-34(31)40(37)44(6,26-16-8-7-15-25-43-41(2,3)4)39-32-20-12-9-17-29(32)30-18-10-13-21-33(30)39;;;;;;/h9-16,19-26H,7-8,17-18,27-28H2,1-6H3;9-14,17-24,27H,7-8,15-16,25-26H2,1-6H3;4*1H;;/q2*-2;;;;;2*+4/p-4. The average Bonchev–Trinajstić information content (AvgIpc) is 1.54. The second kappa shape index (κ2) is 30.4. The summed E-state index contributed by atoms with van der Waals surface area (Å²) in [4.78, 5) is 0. The number of hydrogen-bond donors (Lipinski definition) is 0. The monoisotopic (exact) mass is 1550 g/mol. The molecule has 0 spiro atoms. The maximum absolute atomic E-state index is 6.08. The number of para-hydroxylation sites is 2. The molecule has 0 aliphatic carbocycles. The molecule has 0 fully saturated rings. The van der Waals surface area contributed by atoms with E-state index in [2.05, 4.69) is 284 Å². The Morgan fingerprint density at radius 3 is 0.990 bits per heavy atom. The van der Waals surface area contributed by atoms with E-state index in [1.54, 1.807) is 20.7 Å². The Hall–Kier alpha value is -4.86. The Kier molecular flexibility index (Phi) is 22.5. The molecule has 97 heavy (non-hydrogen) atoms. The molecule has 0 aliphatic heterocycles. The zero-order chi connectivity index (χ0) is 68.6. The van der Waals surface area contributed by atoms with Gasteiger partial charge in [-0.05, 0) is 96.1 Å². The normalized spacial score (nSPS) is 12.9. The van der Waals surface area contributed by atoms with Crippen molar-refractivity contribution in [2.24, 2.45) is 21.1 Å². The summed E-state index contributed by atoms with van der Waals surface area (Å²) in [6.45, 7) is 22.2. The molecular weight excluding hydrogens is 1460 g/mol. The van der Waals surface area contributed by atoms with Gasteiger partial charge in [-0.15, -0.1) is 88.8 Å². The summed E-state index contributed by atoms with van der Waals surface area (Å²) >= 11 is -1.65. The van der Waals surface area contributed by atoms with Crippen LogP contribution in [0.1, 0.15) is 98.5 Å². The Balaban J connectivity index is 0.000000172. The fraction of sp³-hybridized carbons (Fsp3) is 0.310. The van der Waals surface area contributed by atoms with Crippen molar-refractivity contribution < 1.29 is 51.2 Å². The fourth-order valence-electron chi connectivity index (χ4n) is 16.9. The third kappa shape index (κ3) is 13.8. The van der Waals surface area contributed by atoms with Crippen LogP contribution < -0.4 is 20.7 Å². The molecule has 0 aliphatic rings. The van der Waals surface area contributed by atoms with Crippen LogP contribution in [0.3, 0.4) is 0 Å². The van der Waals surface area contributed by atoms with Gasteiger partial charge in [0.2, 0.25) is 0 Å². The summed E-state index contributed by atoms with van der Waals surface area (Å²) in [6, 6.07) is 73.8. The molecule has 0 saturated heterocycles. The van der Waals surface area contributed by atoms with Gasteiger partial charge in [0, 0.05) is 67.1 Å². The number of benzene rings is 8. The van der Waals surface area contributed by atoms with E-state index in [0.717, 1.165) is 26.1 Å². The number of rotatable bonds is 18. The third-order valence-corrected chi connectivity index (χ3v) is 30.0. The van der Waals surface area contributed by atoms with E-state index in [1.165, 1.54) is 175 Å². The van der Waals surface area contributed by atoms with Gasteiger partial charge in [-0.2, -0.15) is 0 Å². The molecule has 13 heteroatoms. The van der Waals surface area contributed by atoms with Crippen molar-refractivity contribution in [3.63, 3.8) is 0 Å². The quantitative estimate of drug-likeness (QED) is 0.0487. The van der Waals surface area contributed by atoms with Crippen LogP contribution in [-0.2, 0) is 72.3 Å². The minimum absolute atomic E-state index is 0.0631. The summed E-state index contributed by atoms with van der Waals surface area (Å²) in [6.07, 6.45) is 9.59. The summed E-state index contributed by atoms with van der Waals surface area (Å²) in [5, 5.41) is 29.4. The van der Waals surface area contributed by atoms with Crippen molar-refractivity contribution >= 4 is 190 Å². The van der Waals surface area contributed by atoms with E-state index >= 15 is 0 Å². The second-order valence-electron chi connectivity index (χ2n) is 29.2. The van der Waals surface area contributed by atoms with Crippen molar-refractivity contribution in [1.82, 2.24) is 13.7 Å². The molecular formula is C84H91Cl4N3O2Si2Zr2. The van der Waals surface area contributed by atoms with Gasteiger partial charge in [-0.25, -0.2) is 0 Å². The Labute approximate surface area is 613 Å². The molecule has 0 N–H and O–H groups in total. The molecule has 0 saturated carbocycles. The van der Waals surface area contributed by atoms with Crippen LogP contribution in [-0.4, -0.2) is 54.3 Å². The van der Waals surface area contributed by atoms with Gasteiger partial charge < -0.3 is 23.2 Å². The predicted molar refractivity (Wildman–Crippen MR) is 426 cm³/mol. The van der Waals surface area contributed by atoms with E-state index < -0.39 is 57.8 Å². The van der Waals surface area contributed by atoms with E-state index in [1.807, 2.05) is 0 Å². The Morgan fingerprint density at radius 2 is 0.629 bits per heavy atom. The van der Waals surface area contributed by atoms with E-state index in [-0.39, 0.29) is 11.2 Å². The summed E-state index contributed by atoms with van der Waals surface area (Å²) in [5.74, 6) is 0. The van der Waals surface area contributed by atoms with Crippen LogP contribution in [0.5, 0.6) is 0 Å². The van der Waals surface area contributed by atoms with Crippen molar-refractivity contribution in [2.75, 3.05) is 13.2 Å². The van der Waals surface area contributed by atoms with E-state index in [0.29, 0.717) is 0 Å². The van der Waals surface area contributed by atoms with Crippen LogP contribution >= 0.6 is 34.1 Å². The maximum atomic E-state index is 6.08. The number of nitrogens with zero attached hydrogens (tertiary/aromatic N) is 3. The summed E-state index contributed by atoms with van der Waals surface area (Å²) in [5.41, 5.74) is 9.34. The van der Waals surface area contributed by atoms with Gasteiger partial charge in [0.05, 0.1) is 11.2 Å². The molecule has 498 valence electrons. The topological polar surface area (TPSA) is 33.2 Å². The van der Waals surface area contributed by atoms with E-state index in [9.17, 15) is 0 Å². The molecule has 1 unspecified atom stereocenters. The second-order valence-corrected chi connectivity index (χ2v) is 45.0. The number of hydrogen-bond acceptors (Lipinski definition) is 2. The number of fused-ring (bicyclic) bond motifs is 18. The first-order chi connectivity index (χ1) is 46.7. The van der Waals surface area contributed by atoms with Gasteiger partial charge >= 0.3 is 75.7 Å². The van der Waals surface area contributed by atoms with Crippen LogP contribution in [0.4, 0.5) is 0 Å². The SMILES string of the molecule is Cc1ccc2c(c1)c1c(c3ccccc3[c-]1[Si](C)(CCCCCCOC(C)(C)C)[c-]1c3ccccc3c3ccccc31)n2C.Cn1c2ccccc2c2c1c1ccccc1[c-]2[Si](C)(CCCCCCOC(C)(C)C)[c-]1c2ccccc2c2c1c1ccccc1n2C.[Cl][Zr+2][Cl].[Cl][Zr+2][Cl]. The summed E-state index contributed by atoms with van der Waals surface area (Å²) in [7, 11) is 21.8. The molecule has 15 rings (SSSR count). The molecule has 0 bridgehead atoms. The molecule has 12 aromatic carbocycles. The Morgan fingerprint density at radius 1 is 0.351 bits per heavy atom. The first-order valence-electron chi connectivity index (χ1n) is 34.7. The first-order valence-corrected chi connectivity index (χ1v) is 52.7. The van der Waals surface area contributed by atoms with Crippen LogP contribution in [0, 0.1) is 6.92 Å². The molecule has 3 aromatic heterocycles. The first kappa shape index (κ1) is 71.9. The number of unbranched alkanes of at least 4 members (excludes halogenated alkanes) is 6. The molecule has 5 nitrogen and oxygen atoms in total. The minimum atomic E-state index is -2.42. The number of aromatic nitrogens is 3. The zero-order valence-corrected chi connectivity index (χ0v) is 68.5.